The number of aryl methyl sites for hydroxylation is 1. The summed E-state index contributed by atoms with van der Waals surface area (Å²) < 4.78 is 10.5. The number of carbonyl (C=O) groups is 1. The number of amides is 1. The molecule has 1 amide bonds. The Morgan fingerprint density at radius 1 is 1.30 bits per heavy atom. The van der Waals surface area contributed by atoms with E-state index in [0.717, 1.165) is 36.9 Å². The van der Waals surface area contributed by atoms with Gasteiger partial charge >= 0.3 is 0 Å². The average Bonchev–Trinajstić information content (AvgIpc) is 2.90. The van der Waals surface area contributed by atoms with Crippen molar-refractivity contribution in [2.24, 2.45) is 0 Å². The number of hydrogen-bond acceptors (Lipinski definition) is 4. The van der Waals surface area contributed by atoms with E-state index in [0.29, 0.717) is 17.2 Å². The van der Waals surface area contributed by atoms with E-state index in [1.54, 1.807) is 25.3 Å². The maximum absolute atomic E-state index is 12.3. The van der Waals surface area contributed by atoms with Crippen LogP contribution in [0.1, 0.15) is 34.5 Å². The van der Waals surface area contributed by atoms with Gasteiger partial charge in [-0.3, -0.25) is 10.1 Å². The zero-order chi connectivity index (χ0) is 13.9. The monoisotopic (exact) mass is 272 g/mol. The molecule has 2 aromatic rings. The molecule has 5 nitrogen and oxygen atoms in total. The van der Waals surface area contributed by atoms with Crippen LogP contribution >= 0.6 is 0 Å². The molecule has 0 spiro atoms. The lowest BCUT2D eigenvalue weighted by atomic mass is 9.97. The second kappa shape index (κ2) is 5.36. The van der Waals surface area contributed by atoms with Gasteiger partial charge in [-0.1, -0.05) is 17.3 Å². The highest BCUT2D eigenvalue weighted by molar-refractivity contribution is 6.05. The van der Waals surface area contributed by atoms with Crippen molar-refractivity contribution in [3.63, 3.8) is 0 Å². The number of para-hydroxylation sites is 1. The van der Waals surface area contributed by atoms with Crippen molar-refractivity contribution in [2.45, 2.75) is 25.7 Å². The van der Waals surface area contributed by atoms with Crippen molar-refractivity contribution in [1.82, 2.24) is 5.16 Å². The molecule has 1 aromatic heterocycles. The molecule has 1 aliphatic carbocycles. The lowest BCUT2D eigenvalue weighted by Gasteiger charge is -2.10. The summed E-state index contributed by atoms with van der Waals surface area (Å²) in [5, 5.41) is 6.82. The number of nitrogens with zero attached hydrogens (tertiary/aromatic N) is 1. The molecule has 1 aromatic carbocycles. The van der Waals surface area contributed by atoms with E-state index in [1.165, 1.54) is 0 Å². The lowest BCUT2D eigenvalue weighted by Crippen LogP contribution is -2.14. The Hall–Kier alpha value is -2.30. The molecule has 0 fully saturated rings. The molecule has 0 saturated heterocycles. The third-order valence-electron chi connectivity index (χ3n) is 3.54. The fraction of sp³-hybridized carbons (Fsp3) is 0.333. The lowest BCUT2D eigenvalue weighted by molar-refractivity contribution is 0.102. The highest BCUT2D eigenvalue weighted by atomic mass is 16.5. The molecule has 0 saturated carbocycles. The van der Waals surface area contributed by atoms with Gasteiger partial charge in [-0.15, -0.1) is 0 Å². The Bertz CT molecular complexity index is 634. The first-order valence-electron chi connectivity index (χ1n) is 6.71. The molecule has 1 aliphatic rings. The van der Waals surface area contributed by atoms with Gasteiger partial charge in [-0.2, -0.15) is 0 Å². The molecule has 3 rings (SSSR count). The molecule has 1 heterocycles. The Morgan fingerprint density at radius 3 is 2.95 bits per heavy atom. The van der Waals surface area contributed by atoms with Crippen molar-refractivity contribution in [2.75, 3.05) is 12.4 Å². The van der Waals surface area contributed by atoms with E-state index in [1.807, 2.05) is 6.07 Å². The summed E-state index contributed by atoms with van der Waals surface area (Å²) in [5.74, 6) is 0.765. The van der Waals surface area contributed by atoms with Crippen LogP contribution in [0.25, 0.3) is 0 Å². The summed E-state index contributed by atoms with van der Waals surface area (Å²) in [7, 11) is 1.54. The maximum Gasteiger partial charge on any atom is 0.261 e. The Labute approximate surface area is 116 Å². The minimum absolute atomic E-state index is 0.244. The SMILES string of the molecule is COc1ccccc1C(=O)Nc1onc2c1CCCC2. The van der Waals surface area contributed by atoms with Crippen LogP contribution in [0.15, 0.2) is 28.8 Å². The number of fused-ring (bicyclic) bond motifs is 1. The smallest absolute Gasteiger partial charge is 0.261 e. The van der Waals surface area contributed by atoms with Gasteiger partial charge in [0.2, 0.25) is 5.88 Å². The van der Waals surface area contributed by atoms with Gasteiger partial charge in [0.15, 0.2) is 0 Å². The number of hydrogen-bond donors (Lipinski definition) is 1. The third kappa shape index (κ3) is 2.27. The van der Waals surface area contributed by atoms with Crippen molar-refractivity contribution in [1.29, 1.82) is 0 Å². The number of rotatable bonds is 3. The molecule has 20 heavy (non-hydrogen) atoms. The largest absolute Gasteiger partial charge is 0.496 e. The second-order valence-corrected chi connectivity index (χ2v) is 4.80. The summed E-state index contributed by atoms with van der Waals surface area (Å²) in [6.07, 6.45) is 4.05. The average molecular weight is 272 g/mol. The van der Waals surface area contributed by atoms with Gasteiger partial charge in [-0.05, 0) is 37.8 Å². The second-order valence-electron chi connectivity index (χ2n) is 4.80. The molecule has 0 aliphatic heterocycles. The summed E-state index contributed by atoms with van der Waals surface area (Å²) in [6.45, 7) is 0. The highest BCUT2D eigenvalue weighted by Crippen LogP contribution is 2.28. The van der Waals surface area contributed by atoms with Gasteiger partial charge in [0.1, 0.15) is 5.75 Å². The van der Waals surface area contributed by atoms with Crippen LogP contribution in [0, 0.1) is 0 Å². The van der Waals surface area contributed by atoms with Crippen LogP contribution < -0.4 is 10.1 Å². The van der Waals surface area contributed by atoms with Crippen LogP contribution in [-0.4, -0.2) is 18.2 Å². The first kappa shape index (κ1) is 12.7. The van der Waals surface area contributed by atoms with E-state index in [4.69, 9.17) is 9.26 Å². The van der Waals surface area contributed by atoms with Gasteiger partial charge in [0.05, 0.1) is 18.4 Å². The van der Waals surface area contributed by atoms with Crippen molar-refractivity contribution < 1.29 is 14.1 Å². The summed E-state index contributed by atoms with van der Waals surface area (Å²) in [4.78, 5) is 12.3. The quantitative estimate of drug-likeness (QED) is 0.933. The van der Waals surface area contributed by atoms with E-state index >= 15 is 0 Å². The first-order valence-corrected chi connectivity index (χ1v) is 6.71. The fourth-order valence-electron chi connectivity index (χ4n) is 2.49. The number of methoxy groups -OCH3 is 1. The molecule has 0 radical (unpaired) electrons. The van der Waals surface area contributed by atoms with E-state index in [2.05, 4.69) is 10.5 Å². The maximum atomic E-state index is 12.3. The molecule has 1 N–H and O–H groups in total. The summed E-state index contributed by atoms with van der Waals surface area (Å²) in [5.41, 5.74) is 2.47. The van der Waals surface area contributed by atoms with Crippen LogP contribution in [0.5, 0.6) is 5.75 Å². The summed E-state index contributed by atoms with van der Waals surface area (Å²) >= 11 is 0. The standard InChI is InChI=1S/C15H16N2O3/c1-19-13-9-5-3-7-11(13)14(18)16-15-10-6-2-4-8-12(10)17-20-15/h3,5,7,9H,2,4,6,8H2,1H3,(H,16,18). The van der Waals surface area contributed by atoms with Crippen molar-refractivity contribution in [3.8, 4) is 5.75 Å². The van der Waals surface area contributed by atoms with Crippen LogP contribution in [0.2, 0.25) is 0 Å². The third-order valence-corrected chi connectivity index (χ3v) is 3.54. The molecule has 5 heteroatoms. The zero-order valence-electron chi connectivity index (χ0n) is 11.3. The van der Waals surface area contributed by atoms with Crippen LogP contribution in [0.4, 0.5) is 5.88 Å². The predicted molar refractivity (Wildman–Crippen MR) is 74.1 cm³/mol. The van der Waals surface area contributed by atoms with Crippen molar-refractivity contribution >= 4 is 11.8 Å². The molecular weight excluding hydrogens is 256 g/mol. The zero-order valence-corrected chi connectivity index (χ0v) is 11.3. The molecule has 0 unspecified atom stereocenters. The minimum atomic E-state index is -0.244. The van der Waals surface area contributed by atoms with Crippen LogP contribution in [0.3, 0.4) is 0 Å². The first-order chi connectivity index (χ1) is 9.79. The minimum Gasteiger partial charge on any atom is -0.496 e. The number of nitrogens with one attached hydrogen (secondary N) is 1. The predicted octanol–water partition coefficient (Wildman–Crippen LogP) is 2.81. The Kier molecular flexibility index (Phi) is 3.41. The van der Waals surface area contributed by atoms with Crippen LogP contribution in [-0.2, 0) is 12.8 Å². The van der Waals surface area contributed by atoms with E-state index < -0.39 is 0 Å². The highest BCUT2D eigenvalue weighted by Gasteiger charge is 2.22. The van der Waals surface area contributed by atoms with E-state index in [-0.39, 0.29) is 5.91 Å². The van der Waals surface area contributed by atoms with Gasteiger partial charge in [0, 0.05) is 5.56 Å². The van der Waals surface area contributed by atoms with Gasteiger partial charge in [0.25, 0.3) is 5.91 Å². The van der Waals surface area contributed by atoms with Gasteiger partial charge < -0.3 is 9.26 Å². The normalized spacial score (nSPS) is 13.7. The number of benzene rings is 1. The number of carbonyl (C=O) groups excluding carboxylic acids is 1. The van der Waals surface area contributed by atoms with Gasteiger partial charge in [-0.25, -0.2) is 0 Å². The number of anilines is 1. The molecule has 104 valence electrons. The Balaban J connectivity index is 1.84. The van der Waals surface area contributed by atoms with Crippen molar-refractivity contribution in [3.05, 3.63) is 41.1 Å². The molecular formula is C15H16N2O3. The topological polar surface area (TPSA) is 64.4 Å². The number of ether oxygens (including phenoxy) is 1. The van der Waals surface area contributed by atoms with E-state index in [9.17, 15) is 4.79 Å². The molecule has 0 atom stereocenters. The fourth-order valence-corrected chi connectivity index (χ4v) is 2.49. The Morgan fingerprint density at radius 2 is 2.10 bits per heavy atom. The molecule has 0 bridgehead atoms. The summed E-state index contributed by atoms with van der Waals surface area (Å²) in [6, 6.07) is 7.10. The number of aromatic nitrogens is 1.